The average Bonchev–Trinajstić information content (AvgIpc) is 3.85. The van der Waals surface area contributed by atoms with Gasteiger partial charge >= 0.3 is 27.3 Å². The molecule has 3 aromatic rings. The minimum atomic E-state index is -5.14. The van der Waals surface area contributed by atoms with Crippen LogP contribution in [0.25, 0.3) is 10.9 Å². The summed E-state index contributed by atoms with van der Waals surface area (Å²) in [6, 6.07) is 5.98. The van der Waals surface area contributed by atoms with E-state index in [1.165, 1.54) is 39.8 Å². The molecule has 0 bridgehead atoms. The second-order valence-electron chi connectivity index (χ2n) is 11.5. The SMILES string of the molecule is O=C(NC/C(F)=C1/CCCN(c2cc3c(c(F)c2F)c(=O)c(C(=O)O)cn3C2CC2)C1)Oc1ccc(CC(P(=O)(O)O)P(=O)(O)O)cc1. The smallest absolute Gasteiger partial charge is 0.412 e. The Hall–Kier alpha value is -3.98. The Morgan fingerprint density at radius 3 is 2.27 bits per heavy atom. The summed E-state index contributed by atoms with van der Waals surface area (Å²) < 4.78 is 75.5. The lowest BCUT2D eigenvalue weighted by molar-refractivity contribution is 0.0694. The number of benzene rings is 2. The van der Waals surface area contributed by atoms with Gasteiger partial charge in [-0.1, -0.05) is 12.1 Å². The second-order valence-corrected chi connectivity index (χ2v) is 15.5. The third kappa shape index (κ3) is 7.67. The van der Waals surface area contributed by atoms with Gasteiger partial charge in [0.25, 0.3) is 0 Å². The van der Waals surface area contributed by atoms with Crippen LogP contribution in [-0.4, -0.2) is 66.3 Å². The number of halogens is 3. The number of hydrogen-bond acceptors (Lipinski definition) is 7. The average molecular weight is 716 g/mol. The van der Waals surface area contributed by atoms with Gasteiger partial charge in [-0.05, 0) is 61.4 Å². The third-order valence-corrected chi connectivity index (χ3v) is 11.8. The number of carboxylic acids is 1. The summed E-state index contributed by atoms with van der Waals surface area (Å²) in [5, 5.41) is 8.73. The molecule has 2 fully saturated rings. The molecule has 1 aliphatic heterocycles. The number of anilines is 1. The van der Waals surface area contributed by atoms with E-state index in [0.717, 1.165) is 6.20 Å². The van der Waals surface area contributed by atoms with Crippen molar-refractivity contribution in [2.45, 2.75) is 43.5 Å². The van der Waals surface area contributed by atoms with Gasteiger partial charge in [0, 0.05) is 25.3 Å². The topological polar surface area (TPSA) is 216 Å². The van der Waals surface area contributed by atoms with Crippen LogP contribution in [0.5, 0.6) is 5.75 Å². The number of ether oxygens (including phenoxy) is 1. The standard InChI is InChI=1S/C29H30F3N3O11P2/c30-20(12-33-29(39)46-18-7-3-15(4-8-18)10-23(47(40,41)42)48(43,44)45)16-2-1-9-34(13-16)22-11-21-24(26(32)25(22)31)27(36)19(28(37)38)14-35(21)17-5-6-17/h3-4,7-8,11,14,17,23H,1-2,5-6,9-10,12-13H2,(H,33,39)(H,37,38)(H2,40,41,42)(H2,43,44,45)/b20-16+. The summed E-state index contributed by atoms with van der Waals surface area (Å²) >= 11 is 0. The third-order valence-electron chi connectivity index (χ3n) is 8.08. The van der Waals surface area contributed by atoms with Crippen molar-refractivity contribution >= 4 is 43.8 Å². The molecule has 2 heterocycles. The Morgan fingerprint density at radius 2 is 1.69 bits per heavy atom. The molecule has 1 aromatic heterocycles. The number of aromatic carboxylic acids is 1. The number of aromatic nitrogens is 1. The van der Waals surface area contributed by atoms with Crippen LogP contribution < -0.4 is 20.4 Å². The Balaban J connectivity index is 1.27. The van der Waals surface area contributed by atoms with Gasteiger partial charge in [-0.2, -0.15) is 0 Å². The molecule has 14 nitrogen and oxygen atoms in total. The summed E-state index contributed by atoms with van der Waals surface area (Å²) in [5.41, 5.74) is -1.70. The highest BCUT2D eigenvalue weighted by atomic mass is 31.2. The normalized spacial score (nSPS) is 16.7. The van der Waals surface area contributed by atoms with Crippen molar-refractivity contribution in [1.29, 1.82) is 0 Å². The van der Waals surface area contributed by atoms with Crippen LogP contribution in [-0.2, 0) is 15.6 Å². The van der Waals surface area contributed by atoms with E-state index in [2.05, 4.69) is 5.32 Å². The van der Waals surface area contributed by atoms with Crippen molar-refractivity contribution in [3.63, 3.8) is 0 Å². The van der Waals surface area contributed by atoms with E-state index in [0.29, 0.717) is 19.3 Å². The van der Waals surface area contributed by atoms with Crippen LogP contribution in [0.1, 0.15) is 47.6 Å². The number of rotatable bonds is 10. The summed E-state index contributed by atoms with van der Waals surface area (Å²) in [4.78, 5) is 75.2. The molecule has 0 spiro atoms. The first-order valence-corrected chi connectivity index (χ1v) is 17.9. The fourth-order valence-electron chi connectivity index (χ4n) is 5.51. The molecule has 19 heteroatoms. The van der Waals surface area contributed by atoms with Crippen LogP contribution in [0.3, 0.4) is 0 Å². The summed E-state index contributed by atoms with van der Waals surface area (Å²) in [7, 11) is -10.3. The molecule has 48 heavy (non-hydrogen) atoms. The van der Waals surface area contributed by atoms with Crippen LogP contribution in [0.4, 0.5) is 23.7 Å². The van der Waals surface area contributed by atoms with E-state index >= 15 is 13.2 Å². The quantitative estimate of drug-likeness (QED) is 0.163. The maximum absolute atomic E-state index is 15.4. The molecular formula is C29H30F3N3O11P2. The lowest BCUT2D eigenvalue weighted by Gasteiger charge is -2.32. The minimum absolute atomic E-state index is 0.0267. The van der Waals surface area contributed by atoms with E-state index < -0.39 is 79.5 Å². The van der Waals surface area contributed by atoms with Crippen molar-refractivity contribution in [2.24, 2.45) is 0 Å². The van der Waals surface area contributed by atoms with Gasteiger partial charge in [0.05, 0.1) is 23.1 Å². The number of hydrogen-bond donors (Lipinski definition) is 6. The van der Waals surface area contributed by atoms with Crippen molar-refractivity contribution < 1.29 is 61.3 Å². The Morgan fingerprint density at radius 1 is 1.04 bits per heavy atom. The number of nitrogens with one attached hydrogen (secondary N) is 1. The number of carbonyl (C=O) groups excluding carboxylic acids is 1. The first kappa shape index (κ1) is 35.3. The monoisotopic (exact) mass is 715 g/mol. The Labute approximate surface area is 269 Å². The van der Waals surface area contributed by atoms with Crippen molar-refractivity contribution in [1.82, 2.24) is 9.88 Å². The lowest BCUT2D eigenvalue weighted by Crippen LogP contribution is -2.34. The molecule has 2 aliphatic rings. The zero-order chi connectivity index (χ0) is 35.1. The van der Waals surface area contributed by atoms with Gasteiger partial charge in [-0.15, -0.1) is 0 Å². The van der Waals surface area contributed by atoms with Crippen molar-refractivity contribution in [2.75, 3.05) is 24.5 Å². The molecule has 5 rings (SSSR count). The van der Waals surface area contributed by atoms with E-state index in [4.69, 9.17) is 4.74 Å². The summed E-state index contributed by atoms with van der Waals surface area (Å²) in [5.74, 6) is -5.26. The van der Waals surface area contributed by atoms with Gasteiger partial charge in [-0.3, -0.25) is 13.9 Å². The number of carboxylic acid groups (broad SMARTS) is 1. The highest BCUT2D eigenvalue weighted by molar-refractivity contribution is 7.70. The lowest BCUT2D eigenvalue weighted by atomic mass is 10.0. The molecule has 1 saturated heterocycles. The number of carbonyl (C=O) groups is 2. The molecular weight excluding hydrogens is 685 g/mol. The summed E-state index contributed by atoms with van der Waals surface area (Å²) in [6.07, 6.45) is 1.31. The fourth-order valence-corrected chi connectivity index (χ4v) is 7.98. The zero-order valence-electron chi connectivity index (χ0n) is 24.9. The highest BCUT2D eigenvalue weighted by Crippen LogP contribution is 2.60. The first-order chi connectivity index (χ1) is 22.5. The van der Waals surface area contributed by atoms with E-state index in [1.807, 2.05) is 0 Å². The Bertz CT molecular complexity index is 1950. The van der Waals surface area contributed by atoms with Crippen LogP contribution in [0, 0.1) is 11.6 Å². The maximum atomic E-state index is 15.4. The highest BCUT2D eigenvalue weighted by Gasteiger charge is 2.43. The van der Waals surface area contributed by atoms with E-state index in [-0.39, 0.29) is 53.6 Å². The Kier molecular flexibility index (Phi) is 9.93. The van der Waals surface area contributed by atoms with Crippen LogP contribution in [0.2, 0.25) is 0 Å². The molecule has 0 atom stereocenters. The molecule has 0 unspecified atom stereocenters. The van der Waals surface area contributed by atoms with Gasteiger partial charge in [0.2, 0.25) is 5.43 Å². The van der Waals surface area contributed by atoms with Crippen molar-refractivity contribution in [3.05, 3.63) is 80.9 Å². The number of fused-ring (bicyclic) bond motifs is 1. The number of nitrogens with zero attached hydrogens (tertiary/aromatic N) is 2. The maximum Gasteiger partial charge on any atom is 0.412 e. The molecule has 0 radical (unpaired) electrons. The molecule has 6 N–H and O–H groups in total. The summed E-state index contributed by atoms with van der Waals surface area (Å²) in [6.45, 7) is -0.564. The molecule has 2 aromatic carbocycles. The number of pyridine rings is 1. The first-order valence-electron chi connectivity index (χ1n) is 14.5. The predicted octanol–water partition coefficient (Wildman–Crippen LogP) is 4.15. The van der Waals surface area contributed by atoms with Crippen LogP contribution >= 0.6 is 15.2 Å². The molecule has 1 aliphatic carbocycles. The molecule has 1 saturated carbocycles. The van der Waals surface area contributed by atoms with Crippen molar-refractivity contribution in [3.8, 4) is 5.75 Å². The fraction of sp³-hybridized carbons (Fsp3) is 0.345. The minimum Gasteiger partial charge on any atom is -0.477 e. The van der Waals surface area contributed by atoms with Crippen LogP contribution in [0.15, 0.2) is 52.7 Å². The van der Waals surface area contributed by atoms with Gasteiger partial charge in [0.15, 0.2) is 17.0 Å². The number of piperidine rings is 1. The number of amides is 1. The van der Waals surface area contributed by atoms with Gasteiger partial charge < -0.3 is 44.2 Å². The van der Waals surface area contributed by atoms with Gasteiger partial charge in [-0.25, -0.2) is 22.8 Å². The predicted molar refractivity (Wildman–Crippen MR) is 165 cm³/mol. The molecule has 1 amide bonds. The largest absolute Gasteiger partial charge is 0.477 e. The van der Waals surface area contributed by atoms with E-state index in [9.17, 15) is 48.2 Å². The second kappa shape index (κ2) is 13.5. The molecule has 258 valence electrons. The zero-order valence-corrected chi connectivity index (χ0v) is 26.7. The van der Waals surface area contributed by atoms with Gasteiger partial charge in [0.1, 0.15) is 17.1 Å². The van der Waals surface area contributed by atoms with E-state index in [1.54, 1.807) is 0 Å².